The van der Waals surface area contributed by atoms with Gasteiger partial charge in [-0.3, -0.25) is 0 Å². The molecule has 0 amide bonds. The van der Waals surface area contributed by atoms with Crippen molar-refractivity contribution in [3.8, 4) is 0 Å². The topological polar surface area (TPSA) is 0 Å². The first kappa shape index (κ1) is 18.0. The molecule has 130 valence electrons. The second-order valence-electron chi connectivity index (χ2n) is 8.60. The molecule has 3 fully saturated rings. The molecule has 0 aromatic carbocycles. The summed E-state index contributed by atoms with van der Waals surface area (Å²) in [5.74, 6) is 0. The SMILES string of the molecule is CCP(I)(C1CCCCC1)(C1CCCCC1)C1CCCCC1. The fourth-order valence-electron chi connectivity index (χ4n) is 6.65. The summed E-state index contributed by atoms with van der Waals surface area (Å²) in [6, 6.07) is 0. The van der Waals surface area contributed by atoms with E-state index >= 15 is 0 Å². The van der Waals surface area contributed by atoms with Gasteiger partial charge in [-0.2, -0.15) is 0 Å². The molecule has 0 heterocycles. The summed E-state index contributed by atoms with van der Waals surface area (Å²) in [6.45, 7) is 2.63. The number of hydrogen-bond acceptors (Lipinski definition) is 0. The molecule has 0 aromatic heterocycles. The molecule has 3 aliphatic carbocycles. The van der Waals surface area contributed by atoms with Gasteiger partial charge in [0.1, 0.15) is 0 Å². The van der Waals surface area contributed by atoms with Crippen LogP contribution in [0.5, 0.6) is 0 Å². The molecule has 3 rings (SSSR count). The first-order chi connectivity index (χ1) is 10.7. The third-order valence-corrected chi connectivity index (χ3v) is 24.8. The molecule has 0 aliphatic heterocycles. The molecular formula is C20H38IP. The third-order valence-electron chi connectivity index (χ3n) is 7.84. The van der Waals surface area contributed by atoms with E-state index in [0.29, 0.717) is 0 Å². The van der Waals surface area contributed by atoms with Gasteiger partial charge in [0.25, 0.3) is 0 Å². The van der Waals surface area contributed by atoms with Crippen LogP contribution in [0.2, 0.25) is 0 Å². The average molecular weight is 436 g/mol. The molecule has 0 atom stereocenters. The van der Waals surface area contributed by atoms with Gasteiger partial charge in [-0.1, -0.05) is 0 Å². The van der Waals surface area contributed by atoms with Gasteiger partial charge < -0.3 is 0 Å². The zero-order valence-corrected chi connectivity index (χ0v) is 17.9. The summed E-state index contributed by atoms with van der Waals surface area (Å²) < 4.78 is -1.60. The Morgan fingerprint density at radius 2 is 0.864 bits per heavy atom. The molecule has 22 heavy (non-hydrogen) atoms. The van der Waals surface area contributed by atoms with Crippen molar-refractivity contribution in [2.75, 3.05) is 6.16 Å². The maximum absolute atomic E-state index is 3.26. The van der Waals surface area contributed by atoms with Gasteiger partial charge in [-0.25, -0.2) is 0 Å². The summed E-state index contributed by atoms with van der Waals surface area (Å²) in [6.07, 6.45) is 25.0. The van der Waals surface area contributed by atoms with Crippen LogP contribution in [0.4, 0.5) is 0 Å². The molecule has 0 aromatic rings. The molecule has 0 bridgehead atoms. The Bertz CT molecular complexity index is 300. The minimum atomic E-state index is -1.60. The normalized spacial score (nSPS) is 29.1. The van der Waals surface area contributed by atoms with E-state index in [4.69, 9.17) is 0 Å². The second-order valence-corrected chi connectivity index (χ2v) is 21.3. The summed E-state index contributed by atoms with van der Waals surface area (Å²) in [5.41, 5.74) is 3.45. The summed E-state index contributed by atoms with van der Waals surface area (Å²) >= 11 is 3.26. The zero-order valence-electron chi connectivity index (χ0n) is 14.9. The van der Waals surface area contributed by atoms with Crippen molar-refractivity contribution in [3.05, 3.63) is 0 Å². The molecule has 3 saturated carbocycles. The van der Waals surface area contributed by atoms with Crippen LogP contribution in [-0.4, -0.2) is 23.1 Å². The van der Waals surface area contributed by atoms with Gasteiger partial charge in [-0.15, -0.1) is 0 Å². The van der Waals surface area contributed by atoms with Crippen molar-refractivity contribution >= 4 is 26.3 Å². The molecule has 3 aliphatic rings. The first-order valence-electron chi connectivity index (χ1n) is 10.4. The molecular weight excluding hydrogens is 398 g/mol. The van der Waals surface area contributed by atoms with Gasteiger partial charge in [0.15, 0.2) is 0 Å². The molecule has 0 N–H and O–H groups in total. The van der Waals surface area contributed by atoms with Crippen LogP contribution in [0.25, 0.3) is 0 Å². The van der Waals surface area contributed by atoms with E-state index in [0.717, 1.165) is 17.0 Å². The number of rotatable bonds is 4. The van der Waals surface area contributed by atoms with Crippen molar-refractivity contribution < 1.29 is 0 Å². The number of hydrogen-bond donors (Lipinski definition) is 0. The monoisotopic (exact) mass is 436 g/mol. The molecule has 0 saturated heterocycles. The quantitative estimate of drug-likeness (QED) is 0.310. The third kappa shape index (κ3) is 3.04. The first-order valence-corrected chi connectivity index (χ1v) is 15.8. The fraction of sp³-hybridized carbons (Fsp3) is 1.00. The zero-order chi connectivity index (χ0) is 15.5. The Hall–Kier alpha value is 1.16. The molecule has 0 nitrogen and oxygen atoms in total. The van der Waals surface area contributed by atoms with E-state index in [1.54, 1.807) is 83.2 Å². The summed E-state index contributed by atoms with van der Waals surface area (Å²) in [7, 11) is 0. The molecule has 0 radical (unpaired) electrons. The van der Waals surface area contributed by atoms with E-state index in [2.05, 4.69) is 29.0 Å². The van der Waals surface area contributed by atoms with Crippen LogP contribution in [0.15, 0.2) is 0 Å². The minimum absolute atomic E-state index is 1.15. The average Bonchev–Trinajstić information content (AvgIpc) is 2.63. The van der Waals surface area contributed by atoms with Gasteiger partial charge >= 0.3 is 153 Å². The van der Waals surface area contributed by atoms with Crippen molar-refractivity contribution in [3.63, 3.8) is 0 Å². The van der Waals surface area contributed by atoms with Crippen molar-refractivity contribution in [1.82, 2.24) is 0 Å². The van der Waals surface area contributed by atoms with Crippen LogP contribution < -0.4 is 0 Å². The fourth-order valence-corrected chi connectivity index (χ4v) is 19.6. The van der Waals surface area contributed by atoms with E-state index in [9.17, 15) is 0 Å². The van der Waals surface area contributed by atoms with Gasteiger partial charge in [0.2, 0.25) is 0 Å². The predicted octanol–water partition coefficient (Wildman–Crippen LogP) is 7.91. The Kier molecular flexibility index (Phi) is 6.20. The van der Waals surface area contributed by atoms with Crippen LogP contribution in [-0.2, 0) is 0 Å². The Morgan fingerprint density at radius 1 is 0.591 bits per heavy atom. The second kappa shape index (κ2) is 7.59. The van der Waals surface area contributed by atoms with Gasteiger partial charge in [0, 0.05) is 0 Å². The van der Waals surface area contributed by atoms with Crippen molar-refractivity contribution in [2.45, 2.75) is 120 Å². The van der Waals surface area contributed by atoms with Crippen LogP contribution in [0.3, 0.4) is 0 Å². The van der Waals surface area contributed by atoms with Crippen molar-refractivity contribution in [1.29, 1.82) is 0 Å². The van der Waals surface area contributed by atoms with E-state index in [1.807, 2.05) is 0 Å². The molecule has 0 unspecified atom stereocenters. The summed E-state index contributed by atoms with van der Waals surface area (Å²) in [5, 5.41) is 0. The van der Waals surface area contributed by atoms with Gasteiger partial charge in [-0.05, 0) is 0 Å². The number of halogens is 1. The predicted molar refractivity (Wildman–Crippen MR) is 112 cm³/mol. The Morgan fingerprint density at radius 3 is 1.09 bits per heavy atom. The Labute approximate surface area is 152 Å². The van der Waals surface area contributed by atoms with E-state index < -0.39 is 4.25 Å². The molecule has 2 heteroatoms. The van der Waals surface area contributed by atoms with E-state index in [1.165, 1.54) is 19.3 Å². The standard InChI is InChI=1S/C20H38IP/c1-2-22(21,18-12-6-3-7-13-18,19-14-8-4-9-15-19)20-16-10-5-11-17-20/h18-20H,2-17H2,1H3. The van der Waals surface area contributed by atoms with Gasteiger partial charge in [0.05, 0.1) is 0 Å². The van der Waals surface area contributed by atoms with Crippen LogP contribution in [0.1, 0.15) is 103 Å². The van der Waals surface area contributed by atoms with Crippen LogP contribution in [0, 0.1) is 0 Å². The summed E-state index contributed by atoms with van der Waals surface area (Å²) in [4.78, 5) is 0. The van der Waals surface area contributed by atoms with Crippen molar-refractivity contribution in [2.24, 2.45) is 0 Å². The maximum atomic E-state index is 3.26. The van der Waals surface area contributed by atoms with E-state index in [-0.39, 0.29) is 0 Å². The molecule has 0 spiro atoms. The van der Waals surface area contributed by atoms with Crippen LogP contribution >= 0.6 is 26.3 Å². The Balaban J connectivity index is 1.96.